The predicted molar refractivity (Wildman–Crippen MR) is 97.9 cm³/mol. The molecule has 1 aliphatic rings. The van der Waals surface area contributed by atoms with Gasteiger partial charge >= 0.3 is 0 Å². The minimum absolute atomic E-state index is 0.0883. The molecule has 3 aromatic rings. The summed E-state index contributed by atoms with van der Waals surface area (Å²) in [6, 6.07) is 3.33. The van der Waals surface area contributed by atoms with Gasteiger partial charge in [-0.15, -0.1) is 0 Å². The highest BCUT2D eigenvalue weighted by Crippen LogP contribution is 2.34. The molecule has 4 rings (SSSR count). The molecule has 1 aliphatic heterocycles. The highest BCUT2D eigenvalue weighted by molar-refractivity contribution is 5.95. The molecule has 1 unspecified atom stereocenters. The van der Waals surface area contributed by atoms with Crippen LogP contribution in [0.1, 0.15) is 33.2 Å². The Hall–Kier alpha value is -3.13. The zero-order chi connectivity index (χ0) is 20.0. The normalized spacial score (nSPS) is 16.1. The summed E-state index contributed by atoms with van der Waals surface area (Å²) < 4.78 is 33.3. The van der Waals surface area contributed by atoms with E-state index in [-0.39, 0.29) is 24.3 Å². The maximum absolute atomic E-state index is 14.3. The third-order valence-electron chi connectivity index (χ3n) is 5.02. The Morgan fingerprint density at radius 2 is 2.04 bits per heavy atom. The van der Waals surface area contributed by atoms with Crippen LogP contribution in [-0.4, -0.2) is 34.4 Å². The Balaban J connectivity index is 1.86. The number of amides is 1. The summed E-state index contributed by atoms with van der Waals surface area (Å²) in [6.45, 7) is 1.89. The number of carbonyl (C=O) groups excluding carboxylic acids is 1. The fraction of sp³-hybridized carbons (Fsp3) is 0.250. The molecule has 0 fully saturated rings. The van der Waals surface area contributed by atoms with Gasteiger partial charge in [-0.3, -0.25) is 14.6 Å². The van der Waals surface area contributed by atoms with Gasteiger partial charge in [0, 0.05) is 29.9 Å². The van der Waals surface area contributed by atoms with E-state index < -0.39 is 23.6 Å². The Bertz CT molecular complexity index is 1160. The number of aromatic nitrogens is 2. The van der Waals surface area contributed by atoms with Gasteiger partial charge in [-0.2, -0.15) is 0 Å². The Kier molecular flexibility index (Phi) is 4.43. The SMILES string of the molecule is Cc1cc2c(=O)[nH]c3c(c2cc1F)C(N(C)C(=O)c1cncc(F)c1)COC3. The number of carbonyl (C=O) groups is 1. The van der Waals surface area contributed by atoms with E-state index in [1.165, 1.54) is 23.2 Å². The summed E-state index contributed by atoms with van der Waals surface area (Å²) in [4.78, 5) is 33.1. The number of aryl methyl sites for hydroxylation is 1. The topological polar surface area (TPSA) is 75.3 Å². The number of rotatable bonds is 2. The van der Waals surface area contributed by atoms with Crippen molar-refractivity contribution in [1.29, 1.82) is 0 Å². The van der Waals surface area contributed by atoms with Crippen molar-refractivity contribution >= 4 is 16.7 Å². The van der Waals surface area contributed by atoms with E-state index in [0.717, 1.165) is 12.3 Å². The van der Waals surface area contributed by atoms with E-state index in [0.29, 0.717) is 27.6 Å². The first-order valence-corrected chi connectivity index (χ1v) is 8.67. The maximum atomic E-state index is 14.3. The standard InChI is InChI=1S/C20H17F2N3O3/c1-10-3-14-13(5-15(10)22)18-16(24-19(14)26)8-28-9-17(18)25(2)20(27)11-4-12(21)7-23-6-11/h3-7,17H,8-9H2,1-2H3,(H,24,26). The van der Waals surface area contributed by atoms with Crippen LogP contribution in [0.25, 0.3) is 10.8 Å². The van der Waals surface area contributed by atoms with Crippen LogP contribution in [0.15, 0.2) is 35.4 Å². The number of pyridine rings is 2. The van der Waals surface area contributed by atoms with Gasteiger partial charge in [-0.25, -0.2) is 8.78 Å². The fourth-order valence-corrected chi connectivity index (χ4v) is 3.56. The molecule has 0 spiro atoms. The minimum atomic E-state index is -0.619. The van der Waals surface area contributed by atoms with E-state index in [2.05, 4.69) is 9.97 Å². The van der Waals surface area contributed by atoms with Crippen LogP contribution in [0.5, 0.6) is 0 Å². The summed E-state index contributed by atoms with van der Waals surface area (Å²) in [7, 11) is 1.55. The molecule has 28 heavy (non-hydrogen) atoms. The molecule has 1 aromatic carbocycles. The smallest absolute Gasteiger partial charge is 0.256 e. The number of benzene rings is 1. The number of aromatic amines is 1. The molecule has 8 heteroatoms. The van der Waals surface area contributed by atoms with Crippen molar-refractivity contribution in [2.75, 3.05) is 13.7 Å². The molecule has 0 saturated carbocycles. The summed E-state index contributed by atoms with van der Waals surface area (Å²) in [5.74, 6) is -1.51. The third kappa shape index (κ3) is 2.95. The molecule has 144 valence electrons. The molecular weight excluding hydrogens is 368 g/mol. The first-order valence-electron chi connectivity index (χ1n) is 8.67. The second-order valence-corrected chi connectivity index (χ2v) is 6.83. The highest BCUT2D eigenvalue weighted by atomic mass is 19.1. The molecule has 0 aliphatic carbocycles. The summed E-state index contributed by atoms with van der Waals surface area (Å²) in [6.07, 6.45) is 2.29. The number of halogens is 2. The third-order valence-corrected chi connectivity index (χ3v) is 5.02. The van der Waals surface area contributed by atoms with Crippen LogP contribution in [0.2, 0.25) is 0 Å². The fourth-order valence-electron chi connectivity index (χ4n) is 3.56. The molecule has 2 aromatic heterocycles. The number of fused-ring (bicyclic) bond motifs is 3. The second kappa shape index (κ2) is 6.79. The van der Waals surface area contributed by atoms with Crippen LogP contribution in [-0.2, 0) is 11.3 Å². The number of likely N-dealkylation sites (N-methyl/N-ethyl adjacent to an activating group) is 1. The Morgan fingerprint density at radius 3 is 2.79 bits per heavy atom. The first kappa shape index (κ1) is 18.2. The molecule has 3 heterocycles. The average molecular weight is 385 g/mol. The molecule has 0 radical (unpaired) electrons. The lowest BCUT2D eigenvalue weighted by atomic mass is 9.94. The van der Waals surface area contributed by atoms with Gasteiger partial charge in [-0.05, 0) is 36.1 Å². The highest BCUT2D eigenvalue weighted by Gasteiger charge is 2.31. The van der Waals surface area contributed by atoms with Crippen LogP contribution < -0.4 is 5.56 Å². The van der Waals surface area contributed by atoms with Crippen molar-refractivity contribution in [1.82, 2.24) is 14.9 Å². The van der Waals surface area contributed by atoms with Crippen molar-refractivity contribution in [2.24, 2.45) is 0 Å². The van der Waals surface area contributed by atoms with E-state index in [1.54, 1.807) is 14.0 Å². The van der Waals surface area contributed by atoms with Crippen LogP contribution in [0, 0.1) is 18.6 Å². The second-order valence-electron chi connectivity index (χ2n) is 6.83. The van der Waals surface area contributed by atoms with E-state index in [9.17, 15) is 18.4 Å². The summed E-state index contributed by atoms with van der Waals surface area (Å²) in [5, 5.41) is 0.782. The number of ether oxygens (including phenoxy) is 1. The van der Waals surface area contributed by atoms with Crippen LogP contribution in [0.3, 0.4) is 0 Å². The minimum Gasteiger partial charge on any atom is -0.373 e. The lowest BCUT2D eigenvalue weighted by Crippen LogP contribution is -2.37. The van der Waals surface area contributed by atoms with Crippen LogP contribution >= 0.6 is 0 Å². The number of H-pyrrole nitrogens is 1. The lowest BCUT2D eigenvalue weighted by molar-refractivity contribution is 0.0335. The summed E-state index contributed by atoms with van der Waals surface area (Å²) >= 11 is 0. The lowest BCUT2D eigenvalue weighted by Gasteiger charge is -2.33. The van der Waals surface area contributed by atoms with Gasteiger partial charge in [0.05, 0.1) is 31.0 Å². The molecule has 0 bridgehead atoms. The number of hydrogen-bond acceptors (Lipinski definition) is 4. The number of hydrogen-bond donors (Lipinski definition) is 1. The zero-order valence-corrected chi connectivity index (χ0v) is 15.3. The van der Waals surface area contributed by atoms with Gasteiger partial charge in [0.25, 0.3) is 11.5 Å². The van der Waals surface area contributed by atoms with Gasteiger partial charge < -0.3 is 14.6 Å². The largest absolute Gasteiger partial charge is 0.373 e. The molecular formula is C20H17F2N3O3. The summed E-state index contributed by atoms with van der Waals surface area (Å²) in [5.41, 5.74) is 1.22. The van der Waals surface area contributed by atoms with Gasteiger partial charge in [-0.1, -0.05) is 0 Å². The van der Waals surface area contributed by atoms with Gasteiger partial charge in [0.15, 0.2) is 0 Å². The monoisotopic (exact) mass is 385 g/mol. The van der Waals surface area contributed by atoms with Crippen molar-refractivity contribution in [2.45, 2.75) is 19.6 Å². The zero-order valence-electron chi connectivity index (χ0n) is 15.3. The number of nitrogens with zero attached hydrogens (tertiary/aromatic N) is 2. The first-order chi connectivity index (χ1) is 13.4. The van der Waals surface area contributed by atoms with Gasteiger partial charge in [0.2, 0.25) is 0 Å². The quantitative estimate of drug-likeness (QED) is 0.736. The van der Waals surface area contributed by atoms with Crippen molar-refractivity contribution in [3.05, 3.63) is 75.0 Å². The van der Waals surface area contributed by atoms with E-state index in [4.69, 9.17) is 4.74 Å². The maximum Gasteiger partial charge on any atom is 0.256 e. The van der Waals surface area contributed by atoms with E-state index in [1.807, 2.05) is 0 Å². The predicted octanol–water partition coefficient (Wildman–Crippen LogP) is 2.85. The van der Waals surface area contributed by atoms with Crippen LogP contribution in [0.4, 0.5) is 8.78 Å². The Labute approximate surface area is 158 Å². The van der Waals surface area contributed by atoms with Crippen molar-refractivity contribution in [3.8, 4) is 0 Å². The number of nitrogens with one attached hydrogen (secondary N) is 1. The molecule has 6 nitrogen and oxygen atoms in total. The van der Waals surface area contributed by atoms with Crippen molar-refractivity contribution in [3.63, 3.8) is 0 Å². The molecule has 1 N–H and O–H groups in total. The van der Waals surface area contributed by atoms with Crippen molar-refractivity contribution < 1.29 is 18.3 Å². The average Bonchev–Trinajstić information content (AvgIpc) is 2.68. The molecule has 1 atom stereocenters. The Morgan fingerprint density at radius 1 is 1.25 bits per heavy atom. The van der Waals surface area contributed by atoms with Gasteiger partial charge in [0.1, 0.15) is 11.6 Å². The van der Waals surface area contributed by atoms with E-state index >= 15 is 0 Å². The molecule has 1 amide bonds. The molecule has 0 saturated heterocycles.